The van der Waals surface area contributed by atoms with E-state index in [9.17, 15) is 14.7 Å². The molecule has 0 aliphatic heterocycles. The average molecular weight is 246 g/mol. The van der Waals surface area contributed by atoms with Crippen molar-refractivity contribution >= 4 is 11.9 Å². The molecule has 0 aromatic rings. The number of carbonyl (C=O) groups excluding carboxylic acids is 2. The van der Waals surface area contributed by atoms with Crippen molar-refractivity contribution < 1.29 is 24.2 Å². The SMILES string of the molecule is CCOC(=O)C(C)C(C)(O)C(C)COC(C)=O. The predicted octanol–water partition coefficient (Wildman–Crippen LogP) is 1.14. The number of ether oxygens (including phenoxy) is 2. The number of esters is 2. The Morgan fingerprint density at radius 2 is 1.82 bits per heavy atom. The number of hydrogen-bond acceptors (Lipinski definition) is 5. The first-order valence-corrected chi connectivity index (χ1v) is 5.75. The lowest BCUT2D eigenvalue weighted by Gasteiger charge is -2.34. The first-order chi connectivity index (χ1) is 7.73. The standard InChI is InChI=1S/C12H22O5/c1-6-16-11(14)9(3)12(5,15)8(2)7-17-10(4)13/h8-9,15H,6-7H2,1-5H3. The van der Waals surface area contributed by atoms with E-state index in [1.165, 1.54) is 6.92 Å². The summed E-state index contributed by atoms with van der Waals surface area (Å²) in [5.41, 5.74) is -1.28. The molecule has 0 bridgehead atoms. The largest absolute Gasteiger partial charge is 0.466 e. The third-order valence-electron chi connectivity index (χ3n) is 3.05. The molecule has 0 aliphatic rings. The summed E-state index contributed by atoms with van der Waals surface area (Å²) in [4.78, 5) is 22.2. The smallest absolute Gasteiger partial charge is 0.311 e. The van der Waals surface area contributed by atoms with Gasteiger partial charge in [0.15, 0.2) is 0 Å². The molecule has 5 heteroatoms. The highest BCUT2D eigenvalue weighted by atomic mass is 16.5. The zero-order chi connectivity index (χ0) is 13.6. The van der Waals surface area contributed by atoms with Crippen molar-refractivity contribution in [2.75, 3.05) is 13.2 Å². The van der Waals surface area contributed by atoms with E-state index in [1.54, 1.807) is 27.7 Å². The van der Waals surface area contributed by atoms with Gasteiger partial charge in [0.05, 0.1) is 24.7 Å². The summed E-state index contributed by atoms with van der Waals surface area (Å²) in [5, 5.41) is 10.3. The van der Waals surface area contributed by atoms with E-state index in [0.29, 0.717) is 0 Å². The van der Waals surface area contributed by atoms with Gasteiger partial charge < -0.3 is 14.6 Å². The molecular weight excluding hydrogens is 224 g/mol. The minimum absolute atomic E-state index is 0.0755. The molecule has 3 atom stereocenters. The second kappa shape index (κ2) is 6.59. The van der Waals surface area contributed by atoms with Gasteiger partial charge in [0.2, 0.25) is 0 Å². The Kier molecular flexibility index (Phi) is 6.16. The third-order valence-corrected chi connectivity index (χ3v) is 3.05. The molecule has 0 saturated carbocycles. The van der Waals surface area contributed by atoms with Gasteiger partial charge in [-0.15, -0.1) is 0 Å². The molecule has 0 saturated heterocycles. The molecule has 100 valence electrons. The number of hydrogen-bond donors (Lipinski definition) is 1. The quantitative estimate of drug-likeness (QED) is 0.711. The van der Waals surface area contributed by atoms with Gasteiger partial charge in [-0.2, -0.15) is 0 Å². The number of rotatable bonds is 6. The van der Waals surface area contributed by atoms with Crippen LogP contribution in [0.15, 0.2) is 0 Å². The maximum absolute atomic E-state index is 11.5. The second-order valence-electron chi connectivity index (χ2n) is 4.40. The second-order valence-corrected chi connectivity index (χ2v) is 4.40. The molecule has 0 heterocycles. The fourth-order valence-electron chi connectivity index (χ4n) is 1.34. The van der Waals surface area contributed by atoms with Crippen molar-refractivity contribution in [2.24, 2.45) is 11.8 Å². The maximum Gasteiger partial charge on any atom is 0.311 e. The van der Waals surface area contributed by atoms with Gasteiger partial charge in [0.25, 0.3) is 0 Å². The van der Waals surface area contributed by atoms with Gasteiger partial charge in [-0.1, -0.05) is 6.92 Å². The lowest BCUT2D eigenvalue weighted by atomic mass is 9.80. The van der Waals surface area contributed by atoms with Crippen LogP contribution in [-0.4, -0.2) is 35.9 Å². The Morgan fingerprint density at radius 3 is 2.24 bits per heavy atom. The Balaban J connectivity index is 4.51. The Morgan fingerprint density at radius 1 is 1.29 bits per heavy atom. The van der Waals surface area contributed by atoms with Gasteiger partial charge in [-0.05, 0) is 20.8 Å². The van der Waals surface area contributed by atoms with E-state index in [0.717, 1.165) is 0 Å². The van der Waals surface area contributed by atoms with E-state index in [2.05, 4.69) is 0 Å². The summed E-state index contributed by atoms with van der Waals surface area (Å²) in [6.07, 6.45) is 0. The molecule has 17 heavy (non-hydrogen) atoms. The van der Waals surface area contributed by atoms with Gasteiger partial charge >= 0.3 is 11.9 Å². The van der Waals surface area contributed by atoms with Crippen LogP contribution in [-0.2, 0) is 19.1 Å². The van der Waals surface area contributed by atoms with E-state index >= 15 is 0 Å². The molecule has 1 N–H and O–H groups in total. The zero-order valence-corrected chi connectivity index (χ0v) is 11.1. The zero-order valence-electron chi connectivity index (χ0n) is 11.1. The summed E-state index contributed by atoms with van der Waals surface area (Å²) in [6, 6.07) is 0. The summed E-state index contributed by atoms with van der Waals surface area (Å²) in [7, 11) is 0. The molecule has 0 rings (SSSR count). The molecule has 0 aromatic heterocycles. The van der Waals surface area contributed by atoms with Crippen LogP contribution in [0.25, 0.3) is 0 Å². The van der Waals surface area contributed by atoms with E-state index < -0.39 is 23.5 Å². The highest BCUT2D eigenvalue weighted by molar-refractivity contribution is 5.73. The topological polar surface area (TPSA) is 72.8 Å². The third kappa shape index (κ3) is 4.73. The molecular formula is C12H22O5. The monoisotopic (exact) mass is 246 g/mol. The van der Waals surface area contributed by atoms with Crippen molar-refractivity contribution in [1.29, 1.82) is 0 Å². The summed E-state index contributed by atoms with van der Waals surface area (Å²) >= 11 is 0. The summed E-state index contributed by atoms with van der Waals surface area (Å²) < 4.78 is 9.69. The molecule has 0 spiro atoms. The minimum atomic E-state index is -1.28. The van der Waals surface area contributed by atoms with E-state index in [1.807, 2.05) is 0 Å². The Hall–Kier alpha value is -1.10. The van der Waals surface area contributed by atoms with E-state index in [-0.39, 0.29) is 19.1 Å². The van der Waals surface area contributed by atoms with Gasteiger partial charge in [0, 0.05) is 12.8 Å². The molecule has 0 fully saturated rings. The first kappa shape index (κ1) is 15.9. The fourth-order valence-corrected chi connectivity index (χ4v) is 1.34. The van der Waals surface area contributed by atoms with Crippen LogP contribution >= 0.6 is 0 Å². The lowest BCUT2D eigenvalue weighted by molar-refractivity contribution is -0.162. The van der Waals surface area contributed by atoms with Crippen LogP contribution in [0.3, 0.4) is 0 Å². The lowest BCUT2D eigenvalue weighted by Crippen LogP contribution is -2.46. The molecule has 5 nitrogen and oxygen atoms in total. The van der Waals surface area contributed by atoms with Crippen LogP contribution in [0, 0.1) is 11.8 Å². The van der Waals surface area contributed by atoms with Crippen LogP contribution in [0.5, 0.6) is 0 Å². The fraction of sp³-hybridized carbons (Fsp3) is 0.833. The van der Waals surface area contributed by atoms with E-state index in [4.69, 9.17) is 9.47 Å². The summed E-state index contributed by atoms with van der Waals surface area (Å²) in [5.74, 6) is -1.89. The van der Waals surface area contributed by atoms with Crippen molar-refractivity contribution in [3.05, 3.63) is 0 Å². The maximum atomic E-state index is 11.5. The molecule has 0 radical (unpaired) electrons. The highest BCUT2D eigenvalue weighted by Crippen LogP contribution is 2.27. The molecule has 0 aliphatic carbocycles. The number of carbonyl (C=O) groups is 2. The van der Waals surface area contributed by atoms with Crippen LogP contribution in [0.1, 0.15) is 34.6 Å². The van der Waals surface area contributed by atoms with Crippen molar-refractivity contribution in [3.63, 3.8) is 0 Å². The van der Waals surface area contributed by atoms with Crippen LogP contribution in [0.4, 0.5) is 0 Å². The van der Waals surface area contributed by atoms with Gasteiger partial charge in [-0.25, -0.2) is 0 Å². The highest BCUT2D eigenvalue weighted by Gasteiger charge is 2.40. The predicted molar refractivity (Wildman–Crippen MR) is 62.2 cm³/mol. The molecule has 0 amide bonds. The average Bonchev–Trinajstić information content (AvgIpc) is 2.24. The van der Waals surface area contributed by atoms with Crippen LogP contribution in [0.2, 0.25) is 0 Å². The normalized spacial score (nSPS) is 17.8. The Labute approximate surface area is 102 Å². The van der Waals surface area contributed by atoms with Crippen molar-refractivity contribution in [3.8, 4) is 0 Å². The van der Waals surface area contributed by atoms with Crippen molar-refractivity contribution in [1.82, 2.24) is 0 Å². The minimum Gasteiger partial charge on any atom is -0.466 e. The first-order valence-electron chi connectivity index (χ1n) is 5.75. The van der Waals surface area contributed by atoms with Crippen LogP contribution < -0.4 is 0 Å². The molecule has 3 unspecified atom stereocenters. The Bertz CT molecular complexity index is 272. The van der Waals surface area contributed by atoms with Gasteiger partial charge in [-0.3, -0.25) is 9.59 Å². The van der Waals surface area contributed by atoms with Gasteiger partial charge in [0.1, 0.15) is 0 Å². The van der Waals surface area contributed by atoms with Crippen molar-refractivity contribution in [2.45, 2.75) is 40.2 Å². The molecule has 0 aromatic carbocycles. The number of aliphatic hydroxyl groups is 1. The summed E-state index contributed by atoms with van der Waals surface area (Å²) in [6.45, 7) is 8.23.